The summed E-state index contributed by atoms with van der Waals surface area (Å²) < 4.78 is 15.9. The van der Waals surface area contributed by atoms with Gasteiger partial charge in [0.1, 0.15) is 5.25 Å². The number of benzene rings is 2. The molecule has 1 aliphatic rings. The summed E-state index contributed by atoms with van der Waals surface area (Å²) in [6, 6.07) is 10.3. The molecule has 2 aromatic rings. The second-order valence-electron chi connectivity index (χ2n) is 6.44. The van der Waals surface area contributed by atoms with Crippen LogP contribution in [0.15, 0.2) is 46.6 Å². The number of nitrogens with zero attached hydrogens (tertiary/aromatic N) is 2. The number of ether oxygens (including phenoxy) is 3. The van der Waals surface area contributed by atoms with E-state index in [4.69, 9.17) is 25.8 Å². The molecule has 168 valence electrons. The van der Waals surface area contributed by atoms with Crippen LogP contribution in [-0.4, -0.2) is 49.8 Å². The minimum atomic E-state index is -0.671. The highest BCUT2D eigenvalue weighted by Crippen LogP contribution is 2.37. The average Bonchev–Trinajstić information content (AvgIpc) is 2.79. The van der Waals surface area contributed by atoms with Crippen LogP contribution in [0.25, 0.3) is 0 Å². The van der Waals surface area contributed by atoms with Crippen molar-refractivity contribution in [2.75, 3.05) is 26.6 Å². The second kappa shape index (κ2) is 10.9. The summed E-state index contributed by atoms with van der Waals surface area (Å²) in [4.78, 5) is 24.7. The summed E-state index contributed by atoms with van der Waals surface area (Å²) in [5.41, 5.74) is 1.12. The summed E-state index contributed by atoms with van der Waals surface area (Å²) in [6.07, 6.45) is 1.48. The van der Waals surface area contributed by atoms with E-state index in [9.17, 15) is 9.59 Å². The molecule has 2 aromatic carbocycles. The highest BCUT2D eigenvalue weighted by Gasteiger charge is 2.30. The first-order valence-corrected chi connectivity index (χ1v) is 10.6. The lowest BCUT2D eigenvalue weighted by molar-refractivity contribution is -0.123. The van der Waals surface area contributed by atoms with Crippen LogP contribution in [0.3, 0.4) is 0 Å². The van der Waals surface area contributed by atoms with Gasteiger partial charge in [-0.15, -0.1) is 5.10 Å². The molecule has 1 saturated heterocycles. The number of carbonyl (C=O) groups is 2. The molecule has 0 spiro atoms. The molecule has 11 heteroatoms. The number of methoxy groups -OCH3 is 3. The van der Waals surface area contributed by atoms with Crippen molar-refractivity contribution in [3.63, 3.8) is 0 Å². The SMILES string of the molecule is COc1cc(C=N/N=C2\NC(=O)CC(C(=O)Nc3ccccc3Cl)S2)cc(OC)c1OC. The van der Waals surface area contributed by atoms with Crippen LogP contribution in [0.4, 0.5) is 5.69 Å². The van der Waals surface area contributed by atoms with E-state index in [-0.39, 0.29) is 23.4 Å². The monoisotopic (exact) mass is 476 g/mol. The number of amides is 2. The predicted octanol–water partition coefficient (Wildman–Crippen LogP) is 3.32. The van der Waals surface area contributed by atoms with Crippen LogP contribution in [0.2, 0.25) is 5.02 Å². The first-order valence-electron chi connectivity index (χ1n) is 9.38. The van der Waals surface area contributed by atoms with Crippen molar-refractivity contribution in [1.29, 1.82) is 0 Å². The zero-order chi connectivity index (χ0) is 23.1. The molecule has 0 radical (unpaired) electrons. The Morgan fingerprint density at radius 3 is 2.50 bits per heavy atom. The predicted molar refractivity (Wildman–Crippen MR) is 125 cm³/mol. The van der Waals surface area contributed by atoms with E-state index in [0.29, 0.717) is 33.5 Å². The van der Waals surface area contributed by atoms with Gasteiger partial charge < -0.3 is 24.8 Å². The summed E-state index contributed by atoms with van der Waals surface area (Å²) in [5, 5.41) is 13.4. The Balaban J connectivity index is 1.73. The number of hydrogen-bond donors (Lipinski definition) is 2. The minimum absolute atomic E-state index is 0.0105. The van der Waals surface area contributed by atoms with Crippen LogP contribution >= 0.6 is 23.4 Å². The van der Waals surface area contributed by atoms with Crippen LogP contribution in [0.5, 0.6) is 17.2 Å². The van der Waals surface area contributed by atoms with Gasteiger partial charge in [0.2, 0.25) is 17.6 Å². The highest BCUT2D eigenvalue weighted by atomic mass is 35.5. The van der Waals surface area contributed by atoms with Gasteiger partial charge >= 0.3 is 0 Å². The number of carbonyl (C=O) groups excluding carboxylic acids is 2. The van der Waals surface area contributed by atoms with Gasteiger partial charge in [0.25, 0.3) is 0 Å². The van der Waals surface area contributed by atoms with Gasteiger partial charge in [-0.3, -0.25) is 9.59 Å². The third kappa shape index (κ3) is 5.71. The number of para-hydroxylation sites is 1. The fraction of sp³-hybridized carbons (Fsp3) is 0.238. The Kier molecular flexibility index (Phi) is 7.96. The maximum atomic E-state index is 12.6. The van der Waals surface area contributed by atoms with E-state index in [2.05, 4.69) is 20.8 Å². The summed E-state index contributed by atoms with van der Waals surface area (Å²) in [6.45, 7) is 0. The Hall–Kier alpha value is -3.24. The van der Waals surface area contributed by atoms with Crippen molar-refractivity contribution < 1.29 is 23.8 Å². The van der Waals surface area contributed by atoms with Gasteiger partial charge in [-0.25, -0.2) is 0 Å². The average molecular weight is 477 g/mol. The van der Waals surface area contributed by atoms with E-state index in [1.165, 1.54) is 27.5 Å². The number of amidine groups is 1. The van der Waals surface area contributed by atoms with E-state index >= 15 is 0 Å². The lowest BCUT2D eigenvalue weighted by Gasteiger charge is -2.21. The number of thioether (sulfide) groups is 1. The van der Waals surface area contributed by atoms with Gasteiger partial charge in [-0.1, -0.05) is 35.5 Å². The molecular formula is C21H21ClN4O5S. The Bertz CT molecular complexity index is 1050. The third-order valence-electron chi connectivity index (χ3n) is 4.34. The summed E-state index contributed by atoms with van der Waals surface area (Å²) in [5.74, 6) is 0.722. The number of nitrogens with one attached hydrogen (secondary N) is 2. The molecular weight excluding hydrogens is 456 g/mol. The normalized spacial score (nSPS) is 17.2. The standard InChI is InChI=1S/C21H21ClN4O5S/c1-29-15-8-12(9-16(30-2)19(15)31-3)11-23-26-21-25-18(27)10-17(32-21)20(28)24-14-7-5-4-6-13(14)22/h4-9,11,17H,10H2,1-3H3,(H,24,28)(H,25,26,27). The Labute approximate surface area is 194 Å². The lowest BCUT2D eigenvalue weighted by atomic mass is 10.2. The molecule has 9 nitrogen and oxygen atoms in total. The Morgan fingerprint density at radius 1 is 1.19 bits per heavy atom. The van der Waals surface area contributed by atoms with Crippen LogP contribution in [0.1, 0.15) is 12.0 Å². The lowest BCUT2D eigenvalue weighted by Crippen LogP contribution is -2.41. The molecule has 0 aliphatic carbocycles. The van der Waals surface area contributed by atoms with Crippen molar-refractivity contribution in [2.24, 2.45) is 10.2 Å². The van der Waals surface area contributed by atoms with Crippen molar-refractivity contribution in [3.05, 3.63) is 47.0 Å². The van der Waals surface area contributed by atoms with Gasteiger partial charge in [-0.2, -0.15) is 5.10 Å². The quantitative estimate of drug-likeness (QED) is 0.468. The highest BCUT2D eigenvalue weighted by molar-refractivity contribution is 8.15. The topological polar surface area (TPSA) is 111 Å². The molecule has 1 atom stereocenters. The first kappa shape index (κ1) is 23.4. The molecule has 1 unspecified atom stereocenters. The summed E-state index contributed by atoms with van der Waals surface area (Å²) in [7, 11) is 4.54. The van der Waals surface area contributed by atoms with Crippen molar-refractivity contribution in [1.82, 2.24) is 5.32 Å². The molecule has 1 fully saturated rings. The fourth-order valence-electron chi connectivity index (χ4n) is 2.84. The van der Waals surface area contributed by atoms with Crippen molar-refractivity contribution in [3.8, 4) is 17.2 Å². The van der Waals surface area contributed by atoms with Crippen LogP contribution in [-0.2, 0) is 9.59 Å². The molecule has 0 bridgehead atoms. The van der Waals surface area contributed by atoms with E-state index < -0.39 is 5.25 Å². The van der Waals surface area contributed by atoms with E-state index in [1.807, 2.05) is 0 Å². The number of rotatable bonds is 7. The first-order chi connectivity index (χ1) is 15.4. The van der Waals surface area contributed by atoms with Gasteiger partial charge in [0.15, 0.2) is 16.7 Å². The van der Waals surface area contributed by atoms with E-state index in [0.717, 1.165) is 11.8 Å². The number of hydrogen-bond acceptors (Lipinski definition) is 8. The Morgan fingerprint density at radius 2 is 1.88 bits per heavy atom. The summed E-state index contributed by atoms with van der Waals surface area (Å²) >= 11 is 7.19. The maximum Gasteiger partial charge on any atom is 0.238 e. The molecule has 3 rings (SSSR count). The van der Waals surface area contributed by atoms with Gasteiger partial charge in [0, 0.05) is 12.0 Å². The molecule has 32 heavy (non-hydrogen) atoms. The maximum absolute atomic E-state index is 12.6. The largest absolute Gasteiger partial charge is 0.493 e. The molecule has 1 heterocycles. The van der Waals surface area contributed by atoms with Crippen LogP contribution < -0.4 is 24.8 Å². The zero-order valence-corrected chi connectivity index (χ0v) is 19.1. The molecule has 2 N–H and O–H groups in total. The molecule has 2 amide bonds. The second-order valence-corrected chi connectivity index (χ2v) is 8.03. The smallest absolute Gasteiger partial charge is 0.238 e. The molecule has 0 saturated carbocycles. The van der Waals surface area contributed by atoms with Crippen molar-refractivity contribution >= 4 is 52.2 Å². The van der Waals surface area contributed by atoms with Crippen molar-refractivity contribution in [2.45, 2.75) is 11.7 Å². The van der Waals surface area contributed by atoms with Gasteiger partial charge in [0.05, 0.1) is 38.3 Å². The molecule has 1 aliphatic heterocycles. The zero-order valence-electron chi connectivity index (χ0n) is 17.5. The van der Waals surface area contributed by atoms with Gasteiger partial charge in [-0.05, 0) is 24.3 Å². The fourth-order valence-corrected chi connectivity index (χ4v) is 3.96. The van der Waals surface area contributed by atoms with E-state index in [1.54, 1.807) is 36.4 Å². The minimum Gasteiger partial charge on any atom is -0.493 e. The number of anilines is 1. The number of halogens is 1. The third-order valence-corrected chi connectivity index (χ3v) is 5.74. The van der Waals surface area contributed by atoms with Crippen LogP contribution in [0, 0.1) is 0 Å². The molecule has 0 aromatic heterocycles.